The van der Waals surface area contributed by atoms with Gasteiger partial charge in [-0.1, -0.05) is 13.0 Å². The van der Waals surface area contributed by atoms with Crippen molar-refractivity contribution in [2.24, 2.45) is 0 Å². The fraction of sp³-hybridized carbons (Fsp3) is 0.500. The lowest BCUT2D eigenvalue weighted by Crippen LogP contribution is -2.36. The molecule has 0 bridgehead atoms. The van der Waals surface area contributed by atoms with Crippen LogP contribution < -0.4 is 10.6 Å². The number of hydrogen-bond acceptors (Lipinski definition) is 2. The first-order chi connectivity index (χ1) is 6.74. The van der Waals surface area contributed by atoms with Crippen LogP contribution in [0.15, 0.2) is 17.5 Å². The molecule has 0 aliphatic rings. The van der Waals surface area contributed by atoms with Crippen LogP contribution in [0.3, 0.4) is 0 Å². The first-order valence-electron chi connectivity index (χ1n) is 4.81. The van der Waals surface area contributed by atoms with E-state index in [1.165, 1.54) is 4.88 Å². The highest BCUT2D eigenvalue weighted by Crippen LogP contribution is 2.17. The van der Waals surface area contributed by atoms with Gasteiger partial charge in [0.05, 0.1) is 6.04 Å². The highest BCUT2D eigenvalue weighted by molar-refractivity contribution is 7.80. The molecule has 0 spiro atoms. The highest BCUT2D eigenvalue weighted by Gasteiger charge is 2.06. The molecular formula is C10H16N2S2. The average molecular weight is 228 g/mol. The molecule has 0 amide bonds. The Morgan fingerprint density at radius 1 is 1.64 bits per heavy atom. The summed E-state index contributed by atoms with van der Waals surface area (Å²) in [6.07, 6.45) is 1.09. The summed E-state index contributed by atoms with van der Waals surface area (Å²) < 4.78 is 0. The van der Waals surface area contributed by atoms with Crippen molar-refractivity contribution in [3.05, 3.63) is 22.4 Å². The minimum atomic E-state index is 0.298. The molecule has 1 rings (SSSR count). The van der Waals surface area contributed by atoms with Crippen molar-refractivity contribution < 1.29 is 0 Å². The van der Waals surface area contributed by atoms with E-state index >= 15 is 0 Å². The lowest BCUT2D eigenvalue weighted by atomic mass is 10.3. The Balaban J connectivity index is 2.33. The Hall–Kier alpha value is -0.610. The molecule has 4 heteroatoms. The number of nitrogens with one attached hydrogen (secondary N) is 2. The normalized spacial score (nSPS) is 12.1. The first-order valence-corrected chi connectivity index (χ1v) is 6.10. The van der Waals surface area contributed by atoms with E-state index in [1.54, 1.807) is 11.3 Å². The van der Waals surface area contributed by atoms with Crippen LogP contribution >= 0.6 is 23.6 Å². The summed E-state index contributed by atoms with van der Waals surface area (Å²) in [5.41, 5.74) is 0. The van der Waals surface area contributed by atoms with Crippen LogP contribution in [0.25, 0.3) is 0 Å². The van der Waals surface area contributed by atoms with Gasteiger partial charge in [-0.2, -0.15) is 0 Å². The molecule has 78 valence electrons. The lowest BCUT2D eigenvalue weighted by Gasteiger charge is -2.15. The highest BCUT2D eigenvalue weighted by atomic mass is 32.1. The van der Waals surface area contributed by atoms with Gasteiger partial charge in [0.1, 0.15) is 0 Å². The summed E-state index contributed by atoms with van der Waals surface area (Å²) in [6.45, 7) is 5.17. The van der Waals surface area contributed by atoms with Crippen molar-refractivity contribution in [2.75, 3.05) is 6.54 Å². The van der Waals surface area contributed by atoms with E-state index in [2.05, 4.69) is 42.0 Å². The molecule has 1 unspecified atom stereocenters. The molecule has 0 aliphatic carbocycles. The van der Waals surface area contributed by atoms with E-state index in [0.29, 0.717) is 6.04 Å². The number of rotatable bonds is 4. The van der Waals surface area contributed by atoms with Gasteiger partial charge in [-0.05, 0) is 37.0 Å². The second kappa shape index (κ2) is 5.98. The number of thiocarbonyl (C=S) groups is 1. The molecule has 0 aliphatic heterocycles. The molecule has 0 saturated heterocycles. The predicted octanol–water partition coefficient (Wildman–Crippen LogP) is 2.68. The number of hydrogen-bond donors (Lipinski definition) is 2. The zero-order chi connectivity index (χ0) is 10.4. The maximum Gasteiger partial charge on any atom is 0.166 e. The second-order valence-corrected chi connectivity index (χ2v) is 4.52. The zero-order valence-corrected chi connectivity index (χ0v) is 10.2. The molecule has 1 atom stereocenters. The van der Waals surface area contributed by atoms with Crippen LogP contribution in [-0.4, -0.2) is 11.7 Å². The van der Waals surface area contributed by atoms with Crippen LogP contribution in [0.2, 0.25) is 0 Å². The van der Waals surface area contributed by atoms with Gasteiger partial charge >= 0.3 is 0 Å². The largest absolute Gasteiger partial charge is 0.363 e. The monoisotopic (exact) mass is 228 g/mol. The van der Waals surface area contributed by atoms with Crippen LogP contribution in [0.4, 0.5) is 0 Å². The third-order valence-corrected chi connectivity index (χ3v) is 3.17. The fourth-order valence-corrected chi connectivity index (χ4v) is 2.11. The van der Waals surface area contributed by atoms with Gasteiger partial charge in [-0.25, -0.2) is 0 Å². The standard InChI is InChI=1S/C10H16N2S2/c1-3-6-11-10(13)12-8(2)9-5-4-7-14-9/h4-5,7-8H,3,6H2,1-2H3,(H2,11,12,13). The average Bonchev–Trinajstić information content (AvgIpc) is 2.67. The summed E-state index contributed by atoms with van der Waals surface area (Å²) in [5, 5.41) is 9.22. The summed E-state index contributed by atoms with van der Waals surface area (Å²) in [4.78, 5) is 1.31. The van der Waals surface area contributed by atoms with Crippen molar-refractivity contribution in [3.8, 4) is 0 Å². The van der Waals surface area contributed by atoms with Gasteiger partial charge in [-0.15, -0.1) is 11.3 Å². The van der Waals surface area contributed by atoms with E-state index in [4.69, 9.17) is 12.2 Å². The van der Waals surface area contributed by atoms with Gasteiger partial charge in [-0.3, -0.25) is 0 Å². The van der Waals surface area contributed by atoms with E-state index in [0.717, 1.165) is 18.1 Å². The lowest BCUT2D eigenvalue weighted by molar-refractivity contribution is 0.705. The number of thiophene rings is 1. The Bertz CT molecular complexity index is 270. The van der Waals surface area contributed by atoms with Crippen LogP contribution in [0.5, 0.6) is 0 Å². The van der Waals surface area contributed by atoms with Crippen LogP contribution in [0.1, 0.15) is 31.2 Å². The van der Waals surface area contributed by atoms with E-state index in [-0.39, 0.29) is 0 Å². The van der Waals surface area contributed by atoms with Crippen molar-refractivity contribution in [2.45, 2.75) is 26.3 Å². The first kappa shape index (κ1) is 11.5. The smallest absolute Gasteiger partial charge is 0.166 e. The quantitative estimate of drug-likeness (QED) is 0.775. The summed E-state index contributed by atoms with van der Waals surface area (Å²) in [7, 11) is 0. The van der Waals surface area contributed by atoms with Gasteiger partial charge in [0, 0.05) is 11.4 Å². The molecule has 1 heterocycles. The maximum atomic E-state index is 5.15. The van der Waals surface area contributed by atoms with E-state index in [1.807, 2.05) is 0 Å². The summed E-state index contributed by atoms with van der Waals surface area (Å²) in [6, 6.07) is 4.47. The Kier molecular flexibility index (Phi) is 4.90. The van der Waals surface area contributed by atoms with Crippen LogP contribution in [-0.2, 0) is 0 Å². The maximum absolute atomic E-state index is 5.15. The van der Waals surface area contributed by atoms with Crippen molar-refractivity contribution in [1.29, 1.82) is 0 Å². The van der Waals surface area contributed by atoms with Gasteiger partial charge in [0.2, 0.25) is 0 Å². The molecule has 14 heavy (non-hydrogen) atoms. The molecule has 2 N–H and O–H groups in total. The molecule has 1 aromatic rings. The minimum absolute atomic E-state index is 0.298. The molecular weight excluding hydrogens is 212 g/mol. The predicted molar refractivity (Wildman–Crippen MR) is 66.8 cm³/mol. The Morgan fingerprint density at radius 2 is 2.43 bits per heavy atom. The van der Waals surface area contributed by atoms with E-state index in [9.17, 15) is 0 Å². The molecule has 0 fully saturated rings. The Morgan fingerprint density at radius 3 is 3.00 bits per heavy atom. The minimum Gasteiger partial charge on any atom is -0.363 e. The molecule has 0 radical (unpaired) electrons. The third-order valence-electron chi connectivity index (χ3n) is 1.85. The van der Waals surface area contributed by atoms with Crippen molar-refractivity contribution in [1.82, 2.24) is 10.6 Å². The topological polar surface area (TPSA) is 24.1 Å². The SMILES string of the molecule is CCCNC(=S)NC(C)c1cccs1. The summed E-state index contributed by atoms with van der Waals surface area (Å²) in [5.74, 6) is 0. The molecule has 1 aromatic heterocycles. The zero-order valence-electron chi connectivity index (χ0n) is 8.54. The van der Waals surface area contributed by atoms with Gasteiger partial charge < -0.3 is 10.6 Å². The summed E-state index contributed by atoms with van der Waals surface area (Å²) >= 11 is 6.90. The fourth-order valence-electron chi connectivity index (χ4n) is 1.09. The van der Waals surface area contributed by atoms with Crippen molar-refractivity contribution in [3.63, 3.8) is 0 Å². The Labute approximate surface area is 94.7 Å². The second-order valence-electron chi connectivity index (χ2n) is 3.14. The molecule has 0 saturated carbocycles. The van der Waals surface area contributed by atoms with Crippen molar-refractivity contribution >= 4 is 28.7 Å². The van der Waals surface area contributed by atoms with Crippen LogP contribution in [0, 0.1) is 0 Å². The third kappa shape index (κ3) is 3.64. The van der Waals surface area contributed by atoms with E-state index < -0.39 is 0 Å². The molecule has 0 aromatic carbocycles. The van der Waals surface area contributed by atoms with Gasteiger partial charge in [0.15, 0.2) is 5.11 Å². The van der Waals surface area contributed by atoms with Gasteiger partial charge in [0.25, 0.3) is 0 Å². The molecule has 2 nitrogen and oxygen atoms in total.